The molecule has 2 aromatic heterocycles. The maximum Gasteiger partial charge on any atom is 0.191 e. The Bertz CT molecular complexity index is 1110. The lowest BCUT2D eigenvalue weighted by molar-refractivity contribution is 0.288. The molecule has 0 bridgehead atoms. The Morgan fingerprint density at radius 3 is 2.69 bits per heavy atom. The van der Waals surface area contributed by atoms with Gasteiger partial charge in [-0.3, -0.25) is 0 Å². The van der Waals surface area contributed by atoms with E-state index >= 15 is 0 Å². The average molecular weight is 423 g/mol. The molecule has 0 atom stereocenters. The van der Waals surface area contributed by atoms with Gasteiger partial charge in [0.2, 0.25) is 0 Å². The molecule has 2 heterocycles. The fourth-order valence-electron chi connectivity index (χ4n) is 2.84. The number of benzene rings is 2. The zero-order chi connectivity index (χ0) is 20.2. The lowest BCUT2D eigenvalue weighted by atomic mass is 10.1. The highest BCUT2D eigenvalue weighted by Crippen LogP contribution is 2.27. The molecule has 7 heteroatoms. The van der Waals surface area contributed by atoms with E-state index in [1.807, 2.05) is 41.9 Å². The molecule has 0 saturated carbocycles. The average Bonchev–Trinajstić information content (AvgIpc) is 3.35. The Morgan fingerprint density at radius 2 is 1.86 bits per heavy atom. The van der Waals surface area contributed by atoms with Gasteiger partial charge in [0.1, 0.15) is 17.4 Å². The standard InChI is InChI=1S/C22H22N4OS2/c1-15-8-7-11-19(16(15)2)27-12-20-24-25-22(26(20)3)29-14-18-13-28-21(23-18)17-9-5-4-6-10-17/h4-11,13H,12,14H2,1-3H3. The minimum Gasteiger partial charge on any atom is -0.485 e. The Kier molecular flexibility index (Phi) is 5.97. The maximum absolute atomic E-state index is 5.97. The number of aromatic nitrogens is 4. The molecule has 0 fully saturated rings. The van der Waals surface area contributed by atoms with Crippen molar-refractivity contribution in [2.75, 3.05) is 0 Å². The maximum atomic E-state index is 5.97. The number of thiazole rings is 1. The van der Waals surface area contributed by atoms with Crippen LogP contribution in [0.1, 0.15) is 22.6 Å². The lowest BCUT2D eigenvalue weighted by Crippen LogP contribution is -2.05. The van der Waals surface area contributed by atoms with E-state index in [0.29, 0.717) is 6.61 Å². The van der Waals surface area contributed by atoms with Crippen molar-refractivity contribution >= 4 is 23.1 Å². The number of rotatable bonds is 7. The monoisotopic (exact) mass is 422 g/mol. The summed E-state index contributed by atoms with van der Waals surface area (Å²) < 4.78 is 7.96. The Morgan fingerprint density at radius 1 is 1.03 bits per heavy atom. The zero-order valence-corrected chi connectivity index (χ0v) is 18.3. The van der Waals surface area contributed by atoms with Crippen molar-refractivity contribution in [3.05, 3.63) is 76.6 Å². The molecular formula is C22H22N4OS2. The summed E-state index contributed by atoms with van der Waals surface area (Å²) in [7, 11) is 1.97. The largest absolute Gasteiger partial charge is 0.485 e. The van der Waals surface area contributed by atoms with Crippen molar-refractivity contribution in [1.82, 2.24) is 19.7 Å². The molecule has 5 nitrogen and oxygen atoms in total. The van der Waals surface area contributed by atoms with Crippen LogP contribution in [0.15, 0.2) is 59.1 Å². The van der Waals surface area contributed by atoms with Crippen molar-refractivity contribution in [1.29, 1.82) is 0 Å². The third-order valence-electron chi connectivity index (χ3n) is 4.76. The highest BCUT2D eigenvalue weighted by molar-refractivity contribution is 7.98. The van der Waals surface area contributed by atoms with Crippen LogP contribution < -0.4 is 4.74 Å². The van der Waals surface area contributed by atoms with Crippen molar-refractivity contribution in [2.24, 2.45) is 7.05 Å². The molecule has 4 aromatic rings. The predicted octanol–water partition coefficient (Wildman–Crippen LogP) is 5.43. The SMILES string of the molecule is Cc1cccc(OCc2nnc(SCc3csc(-c4ccccc4)n3)n2C)c1C. The summed E-state index contributed by atoms with van der Waals surface area (Å²) in [6.45, 7) is 4.55. The summed E-state index contributed by atoms with van der Waals surface area (Å²) in [6, 6.07) is 16.3. The minimum atomic E-state index is 0.392. The molecule has 2 aromatic carbocycles. The Hall–Kier alpha value is -2.64. The summed E-state index contributed by atoms with van der Waals surface area (Å²) in [4.78, 5) is 4.74. The number of hydrogen-bond acceptors (Lipinski definition) is 6. The summed E-state index contributed by atoms with van der Waals surface area (Å²) in [5.74, 6) is 2.45. The van der Waals surface area contributed by atoms with Gasteiger partial charge < -0.3 is 9.30 Å². The Labute approximate surface area is 178 Å². The minimum absolute atomic E-state index is 0.392. The van der Waals surface area contributed by atoms with E-state index in [1.165, 1.54) is 5.56 Å². The molecule has 0 aliphatic rings. The number of thioether (sulfide) groups is 1. The molecule has 0 amide bonds. The van der Waals surface area contributed by atoms with Crippen LogP contribution in [0.4, 0.5) is 0 Å². The quantitative estimate of drug-likeness (QED) is 0.372. The van der Waals surface area contributed by atoms with Crippen molar-refractivity contribution in [2.45, 2.75) is 31.4 Å². The summed E-state index contributed by atoms with van der Waals surface area (Å²) in [5.41, 5.74) is 4.57. The van der Waals surface area contributed by atoms with Crippen LogP contribution in [0, 0.1) is 13.8 Å². The summed E-state index contributed by atoms with van der Waals surface area (Å²) >= 11 is 3.30. The fraction of sp³-hybridized carbons (Fsp3) is 0.227. The van der Waals surface area contributed by atoms with E-state index in [-0.39, 0.29) is 0 Å². The van der Waals surface area contributed by atoms with E-state index in [4.69, 9.17) is 9.72 Å². The van der Waals surface area contributed by atoms with Crippen LogP contribution in [0.3, 0.4) is 0 Å². The van der Waals surface area contributed by atoms with Crippen molar-refractivity contribution < 1.29 is 4.74 Å². The summed E-state index contributed by atoms with van der Waals surface area (Å²) in [6.07, 6.45) is 0. The summed E-state index contributed by atoms with van der Waals surface area (Å²) in [5, 5.41) is 12.6. The van der Waals surface area contributed by atoms with Gasteiger partial charge in [0, 0.05) is 23.7 Å². The van der Waals surface area contributed by atoms with Crippen LogP contribution in [-0.2, 0) is 19.4 Å². The van der Waals surface area contributed by atoms with Crippen LogP contribution in [0.25, 0.3) is 10.6 Å². The third-order valence-corrected chi connectivity index (χ3v) is 6.75. The molecule has 0 N–H and O–H groups in total. The molecule has 0 radical (unpaired) electrons. The predicted molar refractivity (Wildman–Crippen MR) is 118 cm³/mol. The van der Waals surface area contributed by atoms with E-state index in [2.05, 4.69) is 47.6 Å². The van der Waals surface area contributed by atoms with Gasteiger partial charge in [0.25, 0.3) is 0 Å². The molecule has 29 heavy (non-hydrogen) atoms. The molecule has 0 unspecified atom stereocenters. The molecular weight excluding hydrogens is 400 g/mol. The topological polar surface area (TPSA) is 52.8 Å². The van der Waals surface area contributed by atoms with Crippen LogP contribution >= 0.6 is 23.1 Å². The van der Waals surface area contributed by atoms with Gasteiger partial charge in [-0.05, 0) is 31.0 Å². The highest BCUT2D eigenvalue weighted by Gasteiger charge is 2.12. The van der Waals surface area contributed by atoms with Gasteiger partial charge in [-0.1, -0.05) is 54.2 Å². The van der Waals surface area contributed by atoms with Gasteiger partial charge in [-0.15, -0.1) is 21.5 Å². The molecule has 0 spiro atoms. The van der Waals surface area contributed by atoms with Crippen LogP contribution in [-0.4, -0.2) is 19.7 Å². The van der Waals surface area contributed by atoms with E-state index < -0.39 is 0 Å². The number of ether oxygens (including phenoxy) is 1. The van der Waals surface area contributed by atoms with E-state index in [0.717, 1.165) is 44.3 Å². The first-order valence-corrected chi connectivity index (χ1v) is 11.2. The lowest BCUT2D eigenvalue weighted by Gasteiger charge is -2.10. The Balaban J connectivity index is 1.38. The first-order valence-electron chi connectivity index (χ1n) is 9.31. The molecule has 0 aliphatic heterocycles. The molecule has 148 valence electrons. The second-order valence-electron chi connectivity index (χ2n) is 6.74. The van der Waals surface area contributed by atoms with Crippen LogP contribution in [0.5, 0.6) is 5.75 Å². The second-order valence-corrected chi connectivity index (χ2v) is 8.54. The highest BCUT2D eigenvalue weighted by atomic mass is 32.2. The smallest absolute Gasteiger partial charge is 0.191 e. The number of hydrogen-bond donors (Lipinski definition) is 0. The first-order chi connectivity index (χ1) is 14.1. The van der Waals surface area contributed by atoms with Gasteiger partial charge in [-0.2, -0.15) is 0 Å². The van der Waals surface area contributed by atoms with Gasteiger partial charge in [0.05, 0.1) is 5.69 Å². The number of nitrogens with zero attached hydrogens (tertiary/aromatic N) is 4. The molecule has 0 aliphatic carbocycles. The van der Waals surface area contributed by atoms with Crippen LogP contribution in [0.2, 0.25) is 0 Å². The normalized spacial score (nSPS) is 11.0. The third kappa shape index (κ3) is 4.52. The van der Waals surface area contributed by atoms with E-state index in [1.54, 1.807) is 23.1 Å². The van der Waals surface area contributed by atoms with E-state index in [9.17, 15) is 0 Å². The first kappa shape index (κ1) is 19.7. The van der Waals surface area contributed by atoms with Gasteiger partial charge in [0.15, 0.2) is 11.0 Å². The molecule has 0 saturated heterocycles. The number of aryl methyl sites for hydroxylation is 1. The second kappa shape index (κ2) is 8.80. The van der Waals surface area contributed by atoms with Gasteiger partial charge in [-0.25, -0.2) is 4.98 Å². The van der Waals surface area contributed by atoms with Gasteiger partial charge >= 0.3 is 0 Å². The van der Waals surface area contributed by atoms with Crippen molar-refractivity contribution in [3.63, 3.8) is 0 Å². The zero-order valence-electron chi connectivity index (χ0n) is 16.6. The molecule has 4 rings (SSSR count). The van der Waals surface area contributed by atoms with Crippen molar-refractivity contribution in [3.8, 4) is 16.3 Å². The fourth-order valence-corrected chi connectivity index (χ4v) is 4.60.